The Labute approximate surface area is 154 Å². The lowest BCUT2D eigenvalue weighted by molar-refractivity contribution is -0.139. The Morgan fingerprint density at radius 2 is 1.77 bits per heavy atom. The van der Waals surface area contributed by atoms with Crippen molar-refractivity contribution in [3.63, 3.8) is 0 Å². The van der Waals surface area contributed by atoms with E-state index in [1.54, 1.807) is 12.1 Å². The molecule has 0 bridgehead atoms. The zero-order chi connectivity index (χ0) is 18.8. The summed E-state index contributed by atoms with van der Waals surface area (Å²) in [5.41, 5.74) is 2.32. The van der Waals surface area contributed by atoms with Crippen molar-refractivity contribution in [3.8, 4) is 5.75 Å². The molecule has 26 heavy (non-hydrogen) atoms. The zero-order valence-corrected chi connectivity index (χ0v) is 15.0. The minimum absolute atomic E-state index is 0.0641. The lowest BCUT2D eigenvalue weighted by Gasteiger charge is -2.12. The van der Waals surface area contributed by atoms with Crippen molar-refractivity contribution >= 4 is 11.9 Å². The maximum Gasteiger partial charge on any atom is 0.341 e. The van der Waals surface area contributed by atoms with Gasteiger partial charge in [0.25, 0.3) is 0 Å². The minimum Gasteiger partial charge on any atom is -0.482 e. The second-order valence-corrected chi connectivity index (χ2v) is 6.28. The SMILES string of the molecule is CC(CCC(=O)NCCc1ccc(OCC(=O)O)cc1)c1ccccc1. The summed E-state index contributed by atoms with van der Waals surface area (Å²) in [5, 5.41) is 11.5. The molecule has 2 N–H and O–H groups in total. The number of aliphatic carboxylic acids is 1. The number of benzene rings is 2. The van der Waals surface area contributed by atoms with Crippen LogP contribution in [0.5, 0.6) is 5.75 Å². The second-order valence-electron chi connectivity index (χ2n) is 6.28. The van der Waals surface area contributed by atoms with E-state index in [2.05, 4.69) is 24.4 Å². The number of carboxylic acid groups (broad SMARTS) is 1. The van der Waals surface area contributed by atoms with Gasteiger partial charge in [-0.15, -0.1) is 0 Å². The summed E-state index contributed by atoms with van der Waals surface area (Å²) in [7, 11) is 0. The van der Waals surface area contributed by atoms with Crippen LogP contribution in [-0.4, -0.2) is 30.1 Å². The van der Waals surface area contributed by atoms with E-state index in [-0.39, 0.29) is 12.5 Å². The first kappa shape index (κ1) is 19.5. The molecule has 5 heteroatoms. The molecule has 1 atom stereocenters. The number of hydrogen-bond acceptors (Lipinski definition) is 3. The molecule has 138 valence electrons. The number of amides is 1. The highest BCUT2D eigenvalue weighted by molar-refractivity contribution is 5.75. The van der Waals surface area contributed by atoms with Gasteiger partial charge in [-0.1, -0.05) is 49.4 Å². The Morgan fingerprint density at radius 3 is 2.42 bits per heavy atom. The standard InChI is InChI=1S/C21H25NO4/c1-16(18-5-3-2-4-6-18)7-12-20(23)22-14-13-17-8-10-19(11-9-17)26-15-21(24)25/h2-6,8-11,16H,7,12-15H2,1H3,(H,22,23)(H,24,25). The van der Waals surface area contributed by atoms with Crippen LogP contribution in [0.1, 0.15) is 36.8 Å². The van der Waals surface area contributed by atoms with Gasteiger partial charge in [0.1, 0.15) is 5.75 Å². The van der Waals surface area contributed by atoms with E-state index in [0.717, 1.165) is 18.4 Å². The van der Waals surface area contributed by atoms with E-state index in [4.69, 9.17) is 9.84 Å². The lowest BCUT2D eigenvalue weighted by atomic mass is 9.96. The molecule has 0 fully saturated rings. The number of carbonyl (C=O) groups is 2. The van der Waals surface area contributed by atoms with Crippen LogP contribution < -0.4 is 10.1 Å². The van der Waals surface area contributed by atoms with Gasteiger partial charge in [-0.25, -0.2) is 4.79 Å². The smallest absolute Gasteiger partial charge is 0.341 e. The van der Waals surface area contributed by atoms with Crippen molar-refractivity contribution in [2.45, 2.75) is 32.1 Å². The van der Waals surface area contributed by atoms with E-state index in [1.807, 2.05) is 30.3 Å². The summed E-state index contributed by atoms with van der Waals surface area (Å²) >= 11 is 0. The first-order valence-electron chi connectivity index (χ1n) is 8.80. The molecule has 0 spiro atoms. The molecule has 0 heterocycles. The molecule has 1 amide bonds. The second kappa shape index (κ2) is 10.2. The third-order valence-corrected chi connectivity index (χ3v) is 4.19. The van der Waals surface area contributed by atoms with Gasteiger partial charge in [0.2, 0.25) is 5.91 Å². The predicted molar refractivity (Wildman–Crippen MR) is 100 cm³/mol. The molecule has 2 rings (SSSR count). The van der Waals surface area contributed by atoms with E-state index >= 15 is 0 Å². The number of carbonyl (C=O) groups excluding carboxylic acids is 1. The normalized spacial score (nSPS) is 11.6. The fourth-order valence-electron chi connectivity index (χ4n) is 2.63. The van der Waals surface area contributed by atoms with Crippen LogP contribution in [0.4, 0.5) is 0 Å². The highest BCUT2D eigenvalue weighted by atomic mass is 16.5. The fourth-order valence-corrected chi connectivity index (χ4v) is 2.63. The maximum atomic E-state index is 12.0. The summed E-state index contributed by atoms with van der Waals surface area (Å²) in [5.74, 6) is -0.0528. The molecule has 0 aliphatic heterocycles. The first-order valence-corrected chi connectivity index (χ1v) is 8.80. The van der Waals surface area contributed by atoms with Gasteiger partial charge >= 0.3 is 5.97 Å². The van der Waals surface area contributed by atoms with Crippen LogP contribution in [0, 0.1) is 0 Å². The van der Waals surface area contributed by atoms with E-state index in [0.29, 0.717) is 24.6 Å². The molecule has 0 aliphatic carbocycles. The lowest BCUT2D eigenvalue weighted by Crippen LogP contribution is -2.25. The van der Waals surface area contributed by atoms with E-state index in [1.165, 1.54) is 5.56 Å². The number of hydrogen-bond donors (Lipinski definition) is 2. The third kappa shape index (κ3) is 6.97. The highest BCUT2D eigenvalue weighted by Crippen LogP contribution is 2.19. The zero-order valence-electron chi connectivity index (χ0n) is 15.0. The van der Waals surface area contributed by atoms with Crippen molar-refractivity contribution in [2.24, 2.45) is 0 Å². The van der Waals surface area contributed by atoms with Crippen LogP contribution >= 0.6 is 0 Å². The minimum atomic E-state index is -1.00. The topological polar surface area (TPSA) is 75.6 Å². The van der Waals surface area contributed by atoms with Gasteiger partial charge in [0, 0.05) is 13.0 Å². The Balaban J connectivity index is 1.65. The van der Waals surface area contributed by atoms with Crippen LogP contribution in [0.3, 0.4) is 0 Å². The Kier molecular flexibility index (Phi) is 7.68. The Bertz CT molecular complexity index is 698. The average Bonchev–Trinajstić information content (AvgIpc) is 2.66. The molecular formula is C21H25NO4. The quantitative estimate of drug-likeness (QED) is 0.685. The van der Waals surface area contributed by atoms with Crippen LogP contribution in [0.25, 0.3) is 0 Å². The number of rotatable bonds is 10. The van der Waals surface area contributed by atoms with Crippen molar-refractivity contribution in [1.82, 2.24) is 5.32 Å². The Morgan fingerprint density at radius 1 is 1.08 bits per heavy atom. The molecule has 0 aromatic heterocycles. The molecule has 2 aromatic carbocycles. The van der Waals surface area contributed by atoms with Crippen molar-refractivity contribution in [1.29, 1.82) is 0 Å². The van der Waals surface area contributed by atoms with Crippen molar-refractivity contribution < 1.29 is 19.4 Å². The monoisotopic (exact) mass is 355 g/mol. The average molecular weight is 355 g/mol. The van der Waals surface area contributed by atoms with Crippen LogP contribution in [0.2, 0.25) is 0 Å². The molecule has 0 saturated carbocycles. The molecule has 0 radical (unpaired) electrons. The highest BCUT2D eigenvalue weighted by Gasteiger charge is 2.08. The van der Waals surface area contributed by atoms with Gasteiger partial charge in [-0.05, 0) is 42.0 Å². The molecule has 2 aromatic rings. The maximum absolute atomic E-state index is 12.0. The first-order chi connectivity index (χ1) is 12.5. The molecular weight excluding hydrogens is 330 g/mol. The van der Waals surface area contributed by atoms with E-state index < -0.39 is 5.97 Å². The fraction of sp³-hybridized carbons (Fsp3) is 0.333. The van der Waals surface area contributed by atoms with Gasteiger partial charge in [0.05, 0.1) is 0 Å². The Hall–Kier alpha value is -2.82. The molecule has 5 nitrogen and oxygen atoms in total. The largest absolute Gasteiger partial charge is 0.482 e. The number of ether oxygens (including phenoxy) is 1. The third-order valence-electron chi connectivity index (χ3n) is 4.19. The van der Waals surface area contributed by atoms with Gasteiger partial charge in [0.15, 0.2) is 6.61 Å². The summed E-state index contributed by atoms with van der Waals surface area (Å²) in [6, 6.07) is 17.4. The van der Waals surface area contributed by atoms with Gasteiger partial charge in [-0.2, -0.15) is 0 Å². The summed E-state index contributed by atoms with van der Waals surface area (Å²) in [6.45, 7) is 2.36. The number of nitrogens with one attached hydrogen (secondary N) is 1. The van der Waals surface area contributed by atoms with Gasteiger partial charge in [-0.3, -0.25) is 4.79 Å². The summed E-state index contributed by atoms with van der Waals surface area (Å²) in [4.78, 5) is 22.4. The molecule has 1 unspecified atom stereocenters. The van der Waals surface area contributed by atoms with E-state index in [9.17, 15) is 9.59 Å². The molecule has 0 aliphatic rings. The van der Waals surface area contributed by atoms with Gasteiger partial charge < -0.3 is 15.2 Å². The van der Waals surface area contributed by atoms with Crippen molar-refractivity contribution in [3.05, 3.63) is 65.7 Å². The molecule has 0 saturated heterocycles. The van der Waals surface area contributed by atoms with Crippen LogP contribution in [-0.2, 0) is 16.0 Å². The summed E-state index contributed by atoms with van der Waals surface area (Å²) < 4.78 is 5.09. The van der Waals surface area contributed by atoms with Crippen molar-refractivity contribution in [2.75, 3.05) is 13.2 Å². The predicted octanol–water partition coefficient (Wildman–Crippen LogP) is 3.39. The summed E-state index contributed by atoms with van der Waals surface area (Å²) in [6.07, 6.45) is 2.06. The number of carboxylic acids is 1. The van der Waals surface area contributed by atoms with Crippen LogP contribution in [0.15, 0.2) is 54.6 Å².